The van der Waals surface area contributed by atoms with Gasteiger partial charge in [0.25, 0.3) is 0 Å². The largest absolute Gasteiger partial charge is 0.507 e. The number of halogens is 1. The van der Waals surface area contributed by atoms with Gasteiger partial charge < -0.3 is 15.2 Å². The summed E-state index contributed by atoms with van der Waals surface area (Å²) in [7, 11) is 0. The van der Waals surface area contributed by atoms with Crippen LogP contribution in [0.1, 0.15) is 12.8 Å². The molecule has 2 heterocycles. The summed E-state index contributed by atoms with van der Waals surface area (Å²) in [6.07, 6.45) is 6.18. The second-order valence-electron chi connectivity index (χ2n) is 3.35. The Kier molecular flexibility index (Phi) is 3.58. The molecule has 0 aromatic carbocycles. The van der Waals surface area contributed by atoms with E-state index < -0.39 is 0 Å². The first-order chi connectivity index (χ1) is 6.84. The molecule has 0 radical (unpaired) electrons. The smallest absolute Gasteiger partial charge is 0.151 e. The standard InChI is InChI=1S/C10H14INO2/c13-8-1-2-10(11-7-8)14-9-3-5-12-6-4-9/h1-2,7,9,12-13H,3-6H2. The first-order valence-corrected chi connectivity index (χ1v) is 7.12. The van der Waals surface area contributed by atoms with Gasteiger partial charge in [0.05, 0.1) is 0 Å². The molecule has 0 atom stereocenters. The van der Waals surface area contributed by atoms with E-state index in [1.54, 1.807) is 6.08 Å². The Bertz CT molecular complexity index is 290. The number of hydrogen-bond donors (Lipinski definition) is 2. The van der Waals surface area contributed by atoms with Gasteiger partial charge in [-0.3, -0.25) is 0 Å². The maximum Gasteiger partial charge on any atom is 0.151 e. The maximum absolute atomic E-state index is 9.16. The zero-order chi connectivity index (χ0) is 9.80. The van der Waals surface area contributed by atoms with Crippen LogP contribution in [0.4, 0.5) is 0 Å². The van der Waals surface area contributed by atoms with E-state index in [1.807, 2.05) is 10.1 Å². The number of nitrogens with one attached hydrogen (secondary N) is 1. The number of aliphatic hydroxyl groups excluding tert-OH is 1. The van der Waals surface area contributed by atoms with Crippen LogP contribution >= 0.6 is 20.7 Å². The third-order valence-electron chi connectivity index (χ3n) is 2.22. The van der Waals surface area contributed by atoms with E-state index in [4.69, 9.17) is 9.84 Å². The number of hydrogen-bond acceptors (Lipinski definition) is 3. The van der Waals surface area contributed by atoms with Gasteiger partial charge in [0.2, 0.25) is 0 Å². The monoisotopic (exact) mass is 307 g/mol. The summed E-state index contributed by atoms with van der Waals surface area (Å²) in [5.41, 5.74) is 0. The summed E-state index contributed by atoms with van der Waals surface area (Å²) in [6, 6.07) is 0. The summed E-state index contributed by atoms with van der Waals surface area (Å²) in [4.78, 5) is 0. The van der Waals surface area contributed by atoms with Gasteiger partial charge in [-0.15, -0.1) is 0 Å². The molecule has 14 heavy (non-hydrogen) atoms. The summed E-state index contributed by atoms with van der Waals surface area (Å²) in [6.45, 7) is 2.11. The van der Waals surface area contributed by atoms with Gasteiger partial charge in [0, 0.05) is 4.01 Å². The fourth-order valence-electron chi connectivity index (χ4n) is 1.47. The van der Waals surface area contributed by atoms with Crippen LogP contribution in [0.5, 0.6) is 0 Å². The molecule has 0 aromatic heterocycles. The van der Waals surface area contributed by atoms with Gasteiger partial charge in [-0.05, 0) is 58.8 Å². The Balaban J connectivity index is 1.88. The second-order valence-corrected chi connectivity index (χ2v) is 5.66. The lowest BCUT2D eigenvalue weighted by molar-refractivity contribution is 0.109. The van der Waals surface area contributed by atoms with Crippen LogP contribution in [-0.4, -0.2) is 28.3 Å². The van der Waals surface area contributed by atoms with Crippen molar-refractivity contribution in [1.82, 2.24) is 5.32 Å². The third-order valence-corrected chi connectivity index (χ3v) is 4.40. The van der Waals surface area contributed by atoms with E-state index in [1.165, 1.54) is 0 Å². The van der Waals surface area contributed by atoms with E-state index in [2.05, 4.69) is 5.32 Å². The van der Waals surface area contributed by atoms with Gasteiger partial charge in [-0.25, -0.2) is 0 Å². The lowest BCUT2D eigenvalue weighted by atomic mass is 10.1. The lowest BCUT2D eigenvalue weighted by Gasteiger charge is -2.24. The minimum atomic E-state index is -0.243. The minimum absolute atomic E-state index is 0.243. The molecular weight excluding hydrogens is 293 g/mol. The molecular formula is C10H14INO2. The van der Waals surface area contributed by atoms with Gasteiger partial charge in [0.15, 0.2) is 3.77 Å². The fraction of sp³-hybridized carbons (Fsp3) is 0.500. The topological polar surface area (TPSA) is 41.5 Å². The van der Waals surface area contributed by atoms with Crippen LogP contribution < -0.4 is 5.32 Å². The Morgan fingerprint density at radius 2 is 2.14 bits per heavy atom. The third kappa shape index (κ3) is 2.81. The molecule has 0 spiro atoms. The molecule has 4 heteroatoms. The molecule has 0 aromatic rings. The van der Waals surface area contributed by atoms with Gasteiger partial charge >= 0.3 is 0 Å². The highest BCUT2D eigenvalue weighted by Crippen LogP contribution is 2.24. The molecule has 2 N–H and O–H groups in total. The molecule has 0 aliphatic carbocycles. The van der Waals surface area contributed by atoms with Crippen LogP contribution in [0.25, 0.3) is 0 Å². The summed E-state index contributed by atoms with van der Waals surface area (Å²) >= 11 is -0.243. The summed E-state index contributed by atoms with van der Waals surface area (Å²) in [5.74, 6) is 0.385. The SMILES string of the molecule is OC1=CC=C(OC2CCNCC2)I=C1. The van der Waals surface area contributed by atoms with E-state index in [0.29, 0.717) is 11.9 Å². The molecule has 0 bridgehead atoms. The van der Waals surface area contributed by atoms with Crippen molar-refractivity contribution in [3.05, 3.63) is 21.7 Å². The maximum atomic E-state index is 9.16. The Morgan fingerprint density at radius 3 is 2.79 bits per heavy atom. The Labute approximate surface area is 93.6 Å². The molecule has 0 unspecified atom stereocenters. The van der Waals surface area contributed by atoms with Crippen LogP contribution in [0, 0.1) is 0 Å². The van der Waals surface area contributed by atoms with E-state index >= 15 is 0 Å². The summed E-state index contributed by atoms with van der Waals surface area (Å²) < 4.78 is 8.83. The highest BCUT2D eigenvalue weighted by atomic mass is 127. The molecule has 2 rings (SSSR count). The van der Waals surface area contributed by atoms with E-state index in [9.17, 15) is 0 Å². The minimum Gasteiger partial charge on any atom is -0.507 e. The van der Waals surface area contributed by atoms with Crippen molar-refractivity contribution in [2.24, 2.45) is 0 Å². The molecule has 1 saturated heterocycles. The normalized spacial score (nSPS) is 23.4. The number of allylic oxidation sites excluding steroid dienone is 3. The van der Waals surface area contributed by atoms with E-state index in [-0.39, 0.29) is 20.7 Å². The van der Waals surface area contributed by atoms with Crippen LogP contribution in [0.3, 0.4) is 0 Å². The van der Waals surface area contributed by atoms with Crippen molar-refractivity contribution >= 4 is 24.7 Å². The molecule has 2 aliphatic rings. The molecule has 2 aliphatic heterocycles. The average molecular weight is 307 g/mol. The van der Waals surface area contributed by atoms with Crippen molar-refractivity contribution in [1.29, 1.82) is 0 Å². The predicted octanol–water partition coefficient (Wildman–Crippen LogP) is 1.82. The zero-order valence-electron chi connectivity index (χ0n) is 7.87. The molecule has 0 saturated carbocycles. The van der Waals surface area contributed by atoms with Gasteiger partial charge in [0.1, 0.15) is 11.9 Å². The van der Waals surface area contributed by atoms with Crippen molar-refractivity contribution in [3.63, 3.8) is 0 Å². The number of aliphatic hydroxyl groups is 1. The van der Waals surface area contributed by atoms with Crippen molar-refractivity contribution in [2.45, 2.75) is 18.9 Å². The van der Waals surface area contributed by atoms with Crippen molar-refractivity contribution < 1.29 is 9.84 Å². The highest BCUT2D eigenvalue weighted by Gasteiger charge is 2.15. The van der Waals surface area contributed by atoms with Crippen LogP contribution in [-0.2, 0) is 4.74 Å². The molecule has 1 fully saturated rings. The number of ether oxygens (including phenoxy) is 1. The number of rotatable bonds is 2. The van der Waals surface area contributed by atoms with Crippen LogP contribution in [0.2, 0.25) is 0 Å². The average Bonchev–Trinajstić information content (AvgIpc) is 2.23. The summed E-state index contributed by atoms with van der Waals surface area (Å²) in [5, 5.41) is 12.5. The quantitative estimate of drug-likeness (QED) is 0.765. The Hall–Kier alpha value is -0.360. The number of piperidine rings is 1. The zero-order valence-corrected chi connectivity index (χ0v) is 10.0. The van der Waals surface area contributed by atoms with Crippen LogP contribution in [0.15, 0.2) is 21.7 Å². The van der Waals surface area contributed by atoms with Gasteiger partial charge in [-0.2, -0.15) is 0 Å². The molecule has 3 nitrogen and oxygen atoms in total. The highest BCUT2D eigenvalue weighted by molar-refractivity contribution is 14.2. The predicted molar refractivity (Wildman–Crippen MR) is 65.9 cm³/mol. The lowest BCUT2D eigenvalue weighted by Crippen LogP contribution is -2.32. The first-order valence-electron chi connectivity index (χ1n) is 4.79. The van der Waals surface area contributed by atoms with E-state index in [0.717, 1.165) is 29.7 Å². The Morgan fingerprint density at radius 1 is 1.36 bits per heavy atom. The second kappa shape index (κ2) is 4.93. The molecule has 78 valence electrons. The van der Waals surface area contributed by atoms with Crippen molar-refractivity contribution in [3.8, 4) is 0 Å². The van der Waals surface area contributed by atoms with Gasteiger partial charge in [-0.1, -0.05) is 0 Å². The fourth-order valence-corrected chi connectivity index (χ4v) is 3.20. The van der Waals surface area contributed by atoms with Crippen molar-refractivity contribution in [2.75, 3.05) is 13.1 Å². The molecule has 0 amide bonds. The first kappa shape index (κ1) is 10.2.